The summed E-state index contributed by atoms with van der Waals surface area (Å²) in [5.74, 6) is 0. The van der Waals surface area contributed by atoms with Gasteiger partial charge in [0.05, 0.1) is 6.67 Å². The highest BCUT2D eigenvalue weighted by atomic mass is 15.3. The van der Waals surface area contributed by atoms with Crippen molar-refractivity contribution in [2.75, 3.05) is 19.8 Å². The van der Waals surface area contributed by atoms with Gasteiger partial charge in [0.1, 0.15) is 0 Å². The smallest absolute Gasteiger partial charge is 0.0893 e. The Morgan fingerprint density at radius 1 is 1.00 bits per heavy atom. The molecule has 0 saturated carbocycles. The lowest BCUT2D eigenvalue weighted by molar-refractivity contribution is 0.271. The minimum Gasteiger partial charge on any atom is -0.358 e. The molecule has 1 heterocycles. The lowest BCUT2D eigenvalue weighted by Gasteiger charge is -2.20. The molecule has 0 aromatic heterocycles. The number of hydrogen-bond acceptors (Lipinski definition) is 2. The van der Waals surface area contributed by atoms with Crippen LogP contribution in [0, 0.1) is 0 Å². The summed E-state index contributed by atoms with van der Waals surface area (Å²) >= 11 is 0. The largest absolute Gasteiger partial charge is 0.358 e. The van der Waals surface area contributed by atoms with Gasteiger partial charge in [-0.1, -0.05) is 12.2 Å². The van der Waals surface area contributed by atoms with E-state index in [4.69, 9.17) is 0 Å². The Labute approximate surface area is 80.8 Å². The van der Waals surface area contributed by atoms with Crippen molar-refractivity contribution in [1.29, 1.82) is 0 Å². The summed E-state index contributed by atoms with van der Waals surface area (Å²) in [6.45, 7) is 10.6. The standard InChI is InChI=1S/C11H18N2/c1-3-5-7-12-9-10-13(11-12)8-6-4-2/h3-4,9-10H,1-2,5-8,11H2. The van der Waals surface area contributed by atoms with Crippen LogP contribution in [0.4, 0.5) is 0 Å². The van der Waals surface area contributed by atoms with Crippen molar-refractivity contribution in [1.82, 2.24) is 9.80 Å². The molecule has 0 spiro atoms. The molecule has 0 atom stereocenters. The highest BCUT2D eigenvalue weighted by Gasteiger charge is 2.09. The average molecular weight is 178 g/mol. The molecule has 0 unspecified atom stereocenters. The van der Waals surface area contributed by atoms with E-state index in [-0.39, 0.29) is 0 Å². The molecule has 0 aliphatic carbocycles. The van der Waals surface area contributed by atoms with Gasteiger partial charge in [-0.15, -0.1) is 13.2 Å². The van der Waals surface area contributed by atoms with Crippen molar-refractivity contribution in [2.24, 2.45) is 0 Å². The zero-order chi connectivity index (χ0) is 9.52. The van der Waals surface area contributed by atoms with Crippen molar-refractivity contribution in [3.63, 3.8) is 0 Å². The Balaban J connectivity index is 2.17. The third-order valence-electron chi connectivity index (χ3n) is 2.09. The monoisotopic (exact) mass is 178 g/mol. The van der Waals surface area contributed by atoms with Gasteiger partial charge in [-0.25, -0.2) is 0 Å². The molecule has 2 heteroatoms. The fourth-order valence-corrected chi connectivity index (χ4v) is 1.32. The molecule has 0 radical (unpaired) electrons. The van der Waals surface area contributed by atoms with Crippen LogP contribution in [-0.2, 0) is 0 Å². The Bertz CT molecular complexity index is 176. The minimum atomic E-state index is 1.02. The van der Waals surface area contributed by atoms with Crippen LogP contribution in [0.2, 0.25) is 0 Å². The van der Waals surface area contributed by atoms with Crippen LogP contribution in [0.25, 0.3) is 0 Å². The van der Waals surface area contributed by atoms with Crippen LogP contribution < -0.4 is 0 Å². The molecule has 0 saturated heterocycles. The molecule has 0 amide bonds. The van der Waals surface area contributed by atoms with E-state index in [0.717, 1.165) is 32.6 Å². The number of hydrogen-bond donors (Lipinski definition) is 0. The van der Waals surface area contributed by atoms with Gasteiger partial charge < -0.3 is 9.80 Å². The van der Waals surface area contributed by atoms with Crippen molar-refractivity contribution >= 4 is 0 Å². The van der Waals surface area contributed by atoms with Gasteiger partial charge in [0, 0.05) is 25.5 Å². The van der Waals surface area contributed by atoms with E-state index >= 15 is 0 Å². The minimum absolute atomic E-state index is 1.02. The molecular formula is C11H18N2. The summed E-state index contributed by atoms with van der Waals surface area (Å²) in [5.41, 5.74) is 0. The van der Waals surface area contributed by atoms with E-state index in [9.17, 15) is 0 Å². The summed E-state index contributed by atoms with van der Waals surface area (Å²) in [4.78, 5) is 4.59. The van der Waals surface area contributed by atoms with Crippen LogP contribution in [0.15, 0.2) is 37.7 Å². The summed E-state index contributed by atoms with van der Waals surface area (Å²) in [6, 6.07) is 0. The van der Waals surface area contributed by atoms with Gasteiger partial charge in [-0.2, -0.15) is 0 Å². The van der Waals surface area contributed by atoms with E-state index in [1.54, 1.807) is 0 Å². The van der Waals surface area contributed by atoms with Crippen molar-refractivity contribution in [3.8, 4) is 0 Å². The Morgan fingerprint density at radius 2 is 1.46 bits per heavy atom. The molecule has 1 aliphatic rings. The van der Waals surface area contributed by atoms with Gasteiger partial charge >= 0.3 is 0 Å². The van der Waals surface area contributed by atoms with Gasteiger partial charge in [-0.05, 0) is 12.8 Å². The second-order valence-corrected chi connectivity index (χ2v) is 3.22. The predicted octanol–water partition coefficient (Wildman–Crippen LogP) is 2.18. The van der Waals surface area contributed by atoms with Gasteiger partial charge in [0.15, 0.2) is 0 Å². The molecule has 2 nitrogen and oxygen atoms in total. The first-order chi connectivity index (χ1) is 6.36. The van der Waals surface area contributed by atoms with Gasteiger partial charge in [0.2, 0.25) is 0 Å². The molecule has 0 aromatic carbocycles. The van der Waals surface area contributed by atoms with Gasteiger partial charge in [-0.3, -0.25) is 0 Å². The summed E-state index contributed by atoms with van der Waals surface area (Å²) in [5, 5.41) is 0. The molecule has 0 N–H and O–H groups in total. The second-order valence-electron chi connectivity index (χ2n) is 3.22. The zero-order valence-corrected chi connectivity index (χ0v) is 8.15. The first-order valence-electron chi connectivity index (χ1n) is 4.75. The lowest BCUT2D eigenvalue weighted by Crippen LogP contribution is -2.26. The Morgan fingerprint density at radius 3 is 1.85 bits per heavy atom. The van der Waals surface area contributed by atoms with Gasteiger partial charge in [0.25, 0.3) is 0 Å². The maximum atomic E-state index is 3.71. The molecule has 13 heavy (non-hydrogen) atoms. The van der Waals surface area contributed by atoms with E-state index < -0.39 is 0 Å². The third kappa shape index (κ3) is 3.36. The van der Waals surface area contributed by atoms with E-state index in [1.165, 1.54) is 0 Å². The van der Waals surface area contributed by atoms with Crippen LogP contribution in [0.1, 0.15) is 12.8 Å². The fraction of sp³-hybridized carbons (Fsp3) is 0.455. The fourth-order valence-electron chi connectivity index (χ4n) is 1.32. The maximum Gasteiger partial charge on any atom is 0.0893 e. The molecule has 0 aromatic rings. The number of rotatable bonds is 6. The second kappa shape index (κ2) is 5.46. The van der Waals surface area contributed by atoms with E-state index in [2.05, 4.69) is 35.4 Å². The third-order valence-corrected chi connectivity index (χ3v) is 2.09. The molecule has 0 bridgehead atoms. The first-order valence-corrected chi connectivity index (χ1v) is 4.75. The van der Waals surface area contributed by atoms with E-state index in [1.807, 2.05) is 12.2 Å². The van der Waals surface area contributed by atoms with Crippen molar-refractivity contribution in [2.45, 2.75) is 12.8 Å². The van der Waals surface area contributed by atoms with Crippen LogP contribution in [0.5, 0.6) is 0 Å². The highest BCUT2D eigenvalue weighted by molar-refractivity contribution is 4.91. The molecule has 0 fully saturated rings. The molecule has 72 valence electrons. The quantitative estimate of drug-likeness (QED) is 0.575. The molecule has 1 aliphatic heterocycles. The highest BCUT2D eigenvalue weighted by Crippen LogP contribution is 2.07. The summed E-state index contributed by atoms with van der Waals surface area (Å²) in [6.07, 6.45) is 10.3. The average Bonchev–Trinajstić information content (AvgIpc) is 2.59. The Hall–Kier alpha value is -1.18. The first kappa shape index (κ1) is 9.90. The van der Waals surface area contributed by atoms with Crippen LogP contribution >= 0.6 is 0 Å². The molecule has 1 rings (SSSR count). The predicted molar refractivity (Wildman–Crippen MR) is 57.0 cm³/mol. The van der Waals surface area contributed by atoms with Crippen LogP contribution in [0.3, 0.4) is 0 Å². The summed E-state index contributed by atoms with van der Waals surface area (Å²) < 4.78 is 0. The lowest BCUT2D eigenvalue weighted by atomic mass is 10.4. The van der Waals surface area contributed by atoms with Crippen molar-refractivity contribution in [3.05, 3.63) is 37.7 Å². The number of nitrogens with zero attached hydrogens (tertiary/aromatic N) is 2. The van der Waals surface area contributed by atoms with Crippen LogP contribution in [-0.4, -0.2) is 29.6 Å². The SMILES string of the molecule is C=CCCN1C=CN(CCC=C)C1. The summed E-state index contributed by atoms with van der Waals surface area (Å²) in [7, 11) is 0. The maximum absolute atomic E-state index is 3.71. The molecular weight excluding hydrogens is 160 g/mol. The normalized spacial score (nSPS) is 15.1. The Kier molecular flexibility index (Phi) is 4.16. The van der Waals surface area contributed by atoms with E-state index in [0.29, 0.717) is 0 Å². The topological polar surface area (TPSA) is 6.48 Å². The zero-order valence-electron chi connectivity index (χ0n) is 8.15. The van der Waals surface area contributed by atoms with Crippen molar-refractivity contribution < 1.29 is 0 Å².